The summed E-state index contributed by atoms with van der Waals surface area (Å²) < 4.78 is 11.3. The van der Waals surface area contributed by atoms with Gasteiger partial charge in [-0.25, -0.2) is 9.59 Å². The summed E-state index contributed by atoms with van der Waals surface area (Å²) >= 11 is 0. The molecule has 6 amide bonds. The first-order valence-corrected chi connectivity index (χ1v) is 16.9. The van der Waals surface area contributed by atoms with Crippen molar-refractivity contribution in [3.63, 3.8) is 0 Å². The molecule has 0 atom stereocenters. The Morgan fingerprint density at radius 2 is 0.902 bits per heavy atom. The van der Waals surface area contributed by atoms with Crippen molar-refractivity contribution in [2.24, 2.45) is 5.41 Å². The first-order valence-electron chi connectivity index (χ1n) is 16.9. The van der Waals surface area contributed by atoms with Gasteiger partial charge in [-0.1, -0.05) is 10.1 Å². The van der Waals surface area contributed by atoms with E-state index >= 15 is 0 Å². The Hall–Kier alpha value is -4.52. The minimum Gasteiger partial charge on any atom is -0.396 e. The molecule has 0 saturated carbocycles. The molecular weight excluding hydrogens is 676 g/mol. The molecule has 284 valence electrons. The average molecular weight is 725 g/mol. The molecule has 2 rings (SSSR count). The molecule has 0 unspecified atom stereocenters. The molecule has 18 nitrogen and oxygen atoms in total. The second kappa shape index (κ2) is 23.8. The molecule has 18 heteroatoms. The van der Waals surface area contributed by atoms with E-state index in [1.54, 1.807) is 0 Å². The average Bonchev–Trinajstić information content (AvgIpc) is 3.60. The van der Waals surface area contributed by atoms with Crippen molar-refractivity contribution in [3.05, 3.63) is 24.3 Å². The number of nitrogens with one attached hydrogen (secondary N) is 2. The quantitative estimate of drug-likeness (QED) is 0.0597. The number of ether oxygens (including phenoxy) is 2. The molecule has 0 aromatic rings. The highest BCUT2D eigenvalue weighted by molar-refractivity contribution is 6.13. The number of aliphatic hydroxyl groups is 2. The van der Waals surface area contributed by atoms with E-state index in [1.165, 1.54) is 0 Å². The molecule has 51 heavy (non-hydrogen) atoms. The van der Waals surface area contributed by atoms with Crippen LogP contribution in [0, 0.1) is 5.41 Å². The number of carbonyl (C=O) groups excluding carboxylic acids is 8. The van der Waals surface area contributed by atoms with Crippen LogP contribution in [-0.4, -0.2) is 120 Å². The molecular formula is C33H48N4O14. The Balaban J connectivity index is 1.59. The van der Waals surface area contributed by atoms with E-state index in [-0.39, 0.29) is 70.6 Å². The van der Waals surface area contributed by atoms with Gasteiger partial charge in [0, 0.05) is 76.7 Å². The number of hydroxylamine groups is 4. The Morgan fingerprint density at radius 3 is 1.25 bits per heavy atom. The van der Waals surface area contributed by atoms with Crippen molar-refractivity contribution >= 4 is 47.4 Å². The summed E-state index contributed by atoms with van der Waals surface area (Å²) in [7, 11) is 0. The van der Waals surface area contributed by atoms with Crippen molar-refractivity contribution in [3.8, 4) is 0 Å². The van der Waals surface area contributed by atoms with Gasteiger partial charge in [-0.3, -0.25) is 28.8 Å². The van der Waals surface area contributed by atoms with Crippen LogP contribution in [0.3, 0.4) is 0 Å². The lowest BCUT2D eigenvalue weighted by molar-refractivity contribution is -0.196. The minimum absolute atomic E-state index is 0.0418. The van der Waals surface area contributed by atoms with E-state index in [2.05, 4.69) is 20.3 Å². The van der Waals surface area contributed by atoms with Gasteiger partial charge in [-0.05, 0) is 56.8 Å². The van der Waals surface area contributed by atoms with Crippen LogP contribution in [0.1, 0.15) is 77.0 Å². The molecule has 0 radical (unpaired) electrons. The smallest absolute Gasteiger partial charge is 0.333 e. The summed E-state index contributed by atoms with van der Waals surface area (Å²) in [5.41, 5.74) is -0.148. The monoisotopic (exact) mass is 724 g/mol. The fraction of sp³-hybridized carbons (Fsp3) is 0.636. The van der Waals surface area contributed by atoms with Crippen LogP contribution >= 0.6 is 0 Å². The van der Waals surface area contributed by atoms with Crippen LogP contribution in [0.15, 0.2) is 24.3 Å². The van der Waals surface area contributed by atoms with Gasteiger partial charge in [0.05, 0.1) is 26.1 Å². The molecule has 0 fully saturated rings. The second-order valence-electron chi connectivity index (χ2n) is 11.8. The van der Waals surface area contributed by atoms with E-state index in [0.29, 0.717) is 49.0 Å². The molecule has 2 aliphatic rings. The zero-order chi connectivity index (χ0) is 37.5. The summed E-state index contributed by atoms with van der Waals surface area (Å²) in [6.45, 7) is 1.85. The van der Waals surface area contributed by atoms with E-state index in [4.69, 9.17) is 9.47 Å². The van der Waals surface area contributed by atoms with E-state index < -0.39 is 47.4 Å². The van der Waals surface area contributed by atoms with Crippen LogP contribution in [-0.2, 0) is 57.5 Å². The molecule has 2 heterocycles. The first-order chi connectivity index (χ1) is 24.5. The van der Waals surface area contributed by atoms with Gasteiger partial charge >= 0.3 is 11.9 Å². The molecule has 0 aliphatic carbocycles. The summed E-state index contributed by atoms with van der Waals surface area (Å²) in [5.74, 6) is -5.69. The number of amides is 6. The Kier molecular flexibility index (Phi) is 19.9. The number of rotatable bonds is 28. The van der Waals surface area contributed by atoms with Gasteiger partial charge in [-0.15, -0.1) is 0 Å². The van der Waals surface area contributed by atoms with Gasteiger partial charge < -0.3 is 40.0 Å². The van der Waals surface area contributed by atoms with E-state index in [0.717, 1.165) is 50.0 Å². The molecule has 0 spiro atoms. The van der Waals surface area contributed by atoms with Gasteiger partial charge in [0.25, 0.3) is 23.6 Å². The maximum atomic E-state index is 12.0. The number of hydrogen-bond donors (Lipinski definition) is 4. The highest BCUT2D eigenvalue weighted by Gasteiger charge is 2.30. The minimum atomic E-state index is -0.889. The molecule has 0 aromatic heterocycles. The highest BCUT2D eigenvalue weighted by atomic mass is 16.7. The van der Waals surface area contributed by atoms with Crippen LogP contribution < -0.4 is 10.6 Å². The molecule has 0 saturated heterocycles. The number of carbonyl (C=O) groups is 8. The second-order valence-corrected chi connectivity index (χ2v) is 11.8. The van der Waals surface area contributed by atoms with Crippen LogP contribution in [0.2, 0.25) is 0 Å². The topological polar surface area (TPSA) is 244 Å². The fourth-order valence-corrected chi connectivity index (χ4v) is 5.34. The number of aliphatic hydroxyl groups excluding tert-OH is 2. The predicted molar refractivity (Wildman–Crippen MR) is 174 cm³/mol. The lowest BCUT2D eigenvalue weighted by Gasteiger charge is -2.34. The van der Waals surface area contributed by atoms with Crippen LogP contribution in [0.4, 0.5) is 0 Å². The van der Waals surface area contributed by atoms with Gasteiger partial charge in [-0.2, -0.15) is 0 Å². The van der Waals surface area contributed by atoms with Crippen molar-refractivity contribution in [2.45, 2.75) is 77.0 Å². The predicted octanol–water partition coefficient (Wildman–Crippen LogP) is -0.329. The lowest BCUT2D eigenvalue weighted by atomic mass is 9.72. The Labute approximate surface area is 295 Å². The maximum Gasteiger partial charge on any atom is 0.333 e. The Morgan fingerprint density at radius 1 is 0.549 bits per heavy atom. The SMILES string of the molecule is O=C(CCC(=O)ON1C(=O)C=CC1=O)NCCOCCCC(CCCO)(CCCO)CCCOCCNC(=O)CCC(=O)ON1C(=O)C=CC1=O. The first kappa shape index (κ1) is 42.6. The molecule has 0 bridgehead atoms. The summed E-state index contributed by atoms with van der Waals surface area (Å²) in [5, 5.41) is 24.9. The molecule has 0 aromatic carbocycles. The largest absolute Gasteiger partial charge is 0.396 e. The number of nitrogens with zero attached hydrogens (tertiary/aromatic N) is 2. The van der Waals surface area contributed by atoms with Gasteiger partial charge in [0.1, 0.15) is 0 Å². The van der Waals surface area contributed by atoms with Crippen LogP contribution in [0.25, 0.3) is 0 Å². The summed E-state index contributed by atoms with van der Waals surface area (Å²) in [6.07, 6.45) is 8.59. The lowest BCUT2D eigenvalue weighted by Crippen LogP contribution is -2.33. The van der Waals surface area contributed by atoms with Crippen LogP contribution in [0.5, 0.6) is 0 Å². The fourth-order valence-electron chi connectivity index (χ4n) is 5.34. The summed E-state index contributed by atoms with van der Waals surface area (Å²) in [4.78, 5) is 103. The maximum absolute atomic E-state index is 12.0. The van der Waals surface area contributed by atoms with Gasteiger partial charge in [0.2, 0.25) is 11.8 Å². The highest BCUT2D eigenvalue weighted by Crippen LogP contribution is 2.39. The van der Waals surface area contributed by atoms with Crippen molar-refractivity contribution in [2.75, 3.05) is 52.7 Å². The van der Waals surface area contributed by atoms with E-state index in [9.17, 15) is 48.6 Å². The van der Waals surface area contributed by atoms with Gasteiger partial charge in [0.15, 0.2) is 0 Å². The third-order valence-electron chi connectivity index (χ3n) is 7.90. The molecule has 2 aliphatic heterocycles. The van der Waals surface area contributed by atoms with Crippen molar-refractivity contribution < 1.29 is 67.7 Å². The van der Waals surface area contributed by atoms with Crippen molar-refractivity contribution in [1.82, 2.24) is 20.8 Å². The third kappa shape index (κ3) is 16.8. The number of imide groups is 2. The molecule has 4 N–H and O–H groups in total. The van der Waals surface area contributed by atoms with E-state index in [1.807, 2.05) is 0 Å². The Bertz CT molecular complexity index is 1150. The number of hydrogen-bond acceptors (Lipinski definition) is 14. The normalized spacial score (nSPS) is 14.1. The zero-order valence-corrected chi connectivity index (χ0v) is 28.6. The third-order valence-corrected chi connectivity index (χ3v) is 7.90. The summed E-state index contributed by atoms with van der Waals surface area (Å²) in [6, 6.07) is 0. The van der Waals surface area contributed by atoms with Crippen molar-refractivity contribution in [1.29, 1.82) is 0 Å². The standard InChI is InChI=1S/C33H48N4O14/c38-19-1-13-33(14-2-20-39,15-3-21-48-23-17-34-25(40)5-11-31(46)50-36-27(42)7-8-28(36)43)16-4-22-49-24-18-35-26(41)6-12-32(47)51-37-29(44)9-10-30(37)45/h7-10,38-39H,1-6,11-24H2,(H,34,40)(H,35,41). The zero-order valence-electron chi connectivity index (χ0n) is 28.6.